The number of furan rings is 1. The number of nitrogens with zero attached hydrogens (tertiary/aromatic N) is 4. The third-order valence-electron chi connectivity index (χ3n) is 7.65. The van der Waals surface area contributed by atoms with Crippen LogP contribution in [-0.4, -0.2) is 40.2 Å². The second-order valence-corrected chi connectivity index (χ2v) is 10.5. The molecule has 2 N–H and O–H groups in total. The standard InChI is InChI=1S/C30H30F5N5O3/c1-19-27(38-14-12-37(13-15-38)16-21-10-11-26(43-21)30(33,34)35)28(41)40(18-25(36)20-6-3-2-4-7-20)29(42)39(19)17-22-23(31)8-5-9-24(22)32/h2-11,25H,12-18,36H2,1H3/t25-/m0/s1. The van der Waals surface area contributed by atoms with Crippen molar-refractivity contribution in [2.75, 3.05) is 31.1 Å². The maximum atomic E-state index is 14.6. The molecule has 43 heavy (non-hydrogen) atoms. The van der Waals surface area contributed by atoms with Crippen molar-refractivity contribution in [1.82, 2.24) is 14.0 Å². The van der Waals surface area contributed by atoms with Crippen molar-refractivity contribution < 1.29 is 26.4 Å². The van der Waals surface area contributed by atoms with E-state index in [1.165, 1.54) is 16.7 Å². The molecule has 0 radical (unpaired) electrons. The van der Waals surface area contributed by atoms with Crippen molar-refractivity contribution in [3.05, 3.63) is 121 Å². The average molecular weight is 604 g/mol. The van der Waals surface area contributed by atoms with E-state index in [9.17, 15) is 31.5 Å². The van der Waals surface area contributed by atoms with Crippen LogP contribution in [0, 0.1) is 18.6 Å². The molecule has 13 heteroatoms. The SMILES string of the molecule is Cc1c(N2CCN(Cc3ccc(C(F)(F)F)o3)CC2)c(=O)n(C[C@H](N)c2ccccc2)c(=O)n1Cc1c(F)cccc1F. The lowest BCUT2D eigenvalue weighted by atomic mass is 10.1. The summed E-state index contributed by atoms with van der Waals surface area (Å²) in [5, 5.41) is 0. The molecule has 2 aromatic heterocycles. The van der Waals surface area contributed by atoms with Crippen LogP contribution < -0.4 is 21.9 Å². The van der Waals surface area contributed by atoms with Crippen molar-refractivity contribution in [3.63, 3.8) is 0 Å². The summed E-state index contributed by atoms with van der Waals surface area (Å²) >= 11 is 0. The Morgan fingerprint density at radius 3 is 2.12 bits per heavy atom. The van der Waals surface area contributed by atoms with Gasteiger partial charge in [0.2, 0.25) is 5.76 Å². The molecule has 0 unspecified atom stereocenters. The molecular formula is C30H30F5N5O3. The summed E-state index contributed by atoms with van der Waals surface area (Å²) in [6.07, 6.45) is -4.58. The van der Waals surface area contributed by atoms with Crippen LogP contribution in [0.5, 0.6) is 0 Å². The van der Waals surface area contributed by atoms with Gasteiger partial charge in [0.25, 0.3) is 5.56 Å². The van der Waals surface area contributed by atoms with Crippen molar-refractivity contribution in [1.29, 1.82) is 0 Å². The van der Waals surface area contributed by atoms with Crippen LogP contribution in [-0.2, 0) is 25.8 Å². The maximum Gasteiger partial charge on any atom is 0.449 e. The quantitative estimate of drug-likeness (QED) is 0.303. The Balaban J connectivity index is 1.46. The molecule has 1 atom stereocenters. The topological polar surface area (TPSA) is 89.6 Å². The van der Waals surface area contributed by atoms with Crippen LogP contribution in [0.1, 0.15) is 34.4 Å². The second-order valence-electron chi connectivity index (χ2n) is 10.5. The summed E-state index contributed by atoms with van der Waals surface area (Å²) in [4.78, 5) is 31.2. The highest BCUT2D eigenvalue weighted by Crippen LogP contribution is 2.31. The lowest BCUT2D eigenvalue weighted by molar-refractivity contribution is -0.153. The fourth-order valence-electron chi connectivity index (χ4n) is 5.31. The van der Waals surface area contributed by atoms with Gasteiger partial charge in [-0.2, -0.15) is 13.2 Å². The molecule has 3 heterocycles. The van der Waals surface area contributed by atoms with Crippen molar-refractivity contribution in [3.8, 4) is 0 Å². The van der Waals surface area contributed by atoms with Gasteiger partial charge in [0.05, 0.1) is 19.6 Å². The van der Waals surface area contributed by atoms with Crippen LogP contribution in [0.2, 0.25) is 0 Å². The Morgan fingerprint density at radius 1 is 0.860 bits per heavy atom. The van der Waals surface area contributed by atoms with Crippen molar-refractivity contribution >= 4 is 5.69 Å². The number of benzene rings is 2. The Morgan fingerprint density at radius 2 is 1.51 bits per heavy atom. The highest BCUT2D eigenvalue weighted by Gasteiger charge is 2.35. The Labute approximate surface area is 243 Å². The normalized spacial score (nSPS) is 15.2. The third kappa shape index (κ3) is 6.42. The molecule has 4 aromatic rings. The summed E-state index contributed by atoms with van der Waals surface area (Å²) in [5.74, 6) is -2.56. The maximum absolute atomic E-state index is 14.6. The summed E-state index contributed by atoms with van der Waals surface area (Å²) in [5.41, 5.74) is 5.83. The van der Waals surface area contributed by atoms with Gasteiger partial charge in [-0.05, 0) is 36.8 Å². The van der Waals surface area contributed by atoms with E-state index in [1.54, 1.807) is 36.1 Å². The Kier molecular flexibility index (Phi) is 8.56. The zero-order valence-corrected chi connectivity index (χ0v) is 23.3. The summed E-state index contributed by atoms with van der Waals surface area (Å²) in [7, 11) is 0. The van der Waals surface area contributed by atoms with Gasteiger partial charge in [-0.25, -0.2) is 13.6 Å². The molecule has 0 aliphatic carbocycles. The van der Waals surface area contributed by atoms with Crippen molar-refractivity contribution in [2.45, 2.75) is 38.8 Å². The van der Waals surface area contributed by atoms with Crippen LogP contribution in [0.15, 0.2) is 74.7 Å². The molecule has 5 rings (SSSR count). The Bertz CT molecular complexity index is 1690. The molecule has 1 fully saturated rings. The van der Waals surface area contributed by atoms with Gasteiger partial charge < -0.3 is 15.1 Å². The summed E-state index contributed by atoms with van der Waals surface area (Å²) in [6, 6.07) is 13.8. The summed E-state index contributed by atoms with van der Waals surface area (Å²) < 4.78 is 75.1. The van der Waals surface area contributed by atoms with E-state index in [2.05, 4.69) is 0 Å². The molecule has 1 aliphatic rings. The highest BCUT2D eigenvalue weighted by molar-refractivity contribution is 5.50. The summed E-state index contributed by atoms with van der Waals surface area (Å²) in [6.45, 7) is 2.44. The lowest BCUT2D eigenvalue weighted by Crippen LogP contribution is -2.51. The van der Waals surface area contributed by atoms with Crippen LogP contribution in [0.4, 0.5) is 27.6 Å². The monoisotopic (exact) mass is 603 g/mol. The first-order chi connectivity index (χ1) is 20.4. The largest absolute Gasteiger partial charge is 0.455 e. The molecule has 0 amide bonds. The minimum Gasteiger partial charge on any atom is -0.455 e. The van der Waals surface area contributed by atoms with Gasteiger partial charge in [0, 0.05) is 43.5 Å². The fourth-order valence-corrected chi connectivity index (χ4v) is 5.31. The van der Waals surface area contributed by atoms with E-state index in [-0.39, 0.29) is 35.8 Å². The van der Waals surface area contributed by atoms with Crippen LogP contribution in [0.25, 0.3) is 0 Å². The predicted molar refractivity (Wildman–Crippen MR) is 150 cm³/mol. The smallest absolute Gasteiger partial charge is 0.449 e. The molecule has 1 saturated heterocycles. The number of alkyl halides is 3. The lowest BCUT2D eigenvalue weighted by Gasteiger charge is -2.36. The molecule has 0 spiro atoms. The van der Waals surface area contributed by atoms with Gasteiger partial charge in [-0.3, -0.25) is 18.8 Å². The predicted octanol–water partition coefficient (Wildman–Crippen LogP) is 4.28. The number of piperazine rings is 1. The van der Waals surface area contributed by atoms with Gasteiger partial charge >= 0.3 is 11.9 Å². The first-order valence-corrected chi connectivity index (χ1v) is 13.6. The Hall–Kier alpha value is -4.23. The van der Waals surface area contributed by atoms with E-state index in [0.717, 1.165) is 22.8 Å². The average Bonchev–Trinajstić information content (AvgIpc) is 3.45. The number of anilines is 1. The highest BCUT2D eigenvalue weighted by atomic mass is 19.4. The van der Waals surface area contributed by atoms with Gasteiger partial charge in [-0.15, -0.1) is 0 Å². The first-order valence-electron chi connectivity index (χ1n) is 13.6. The van der Waals surface area contributed by atoms with E-state index in [4.69, 9.17) is 10.2 Å². The molecule has 0 bridgehead atoms. The zero-order chi connectivity index (χ0) is 30.9. The van der Waals surface area contributed by atoms with Crippen LogP contribution >= 0.6 is 0 Å². The van der Waals surface area contributed by atoms with E-state index in [0.29, 0.717) is 31.7 Å². The van der Waals surface area contributed by atoms with Crippen LogP contribution in [0.3, 0.4) is 0 Å². The number of hydrogen-bond acceptors (Lipinski definition) is 6. The first kappa shape index (κ1) is 30.2. The van der Waals surface area contributed by atoms with E-state index < -0.39 is 47.4 Å². The van der Waals surface area contributed by atoms with Gasteiger partial charge in [-0.1, -0.05) is 36.4 Å². The minimum atomic E-state index is -4.58. The minimum absolute atomic E-state index is 0.144. The molecule has 8 nitrogen and oxygen atoms in total. The molecular weight excluding hydrogens is 573 g/mol. The molecule has 1 aliphatic heterocycles. The molecule has 0 saturated carbocycles. The number of rotatable bonds is 8. The van der Waals surface area contributed by atoms with Gasteiger partial charge in [0.15, 0.2) is 0 Å². The van der Waals surface area contributed by atoms with E-state index >= 15 is 0 Å². The number of nitrogens with two attached hydrogens (primary N) is 1. The number of halogens is 5. The van der Waals surface area contributed by atoms with Gasteiger partial charge in [0.1, 0.15) is 23.1 Å². The van der Waals surface area contributed by atoms with E-state index in [1.807, 2.05) is 11.0 Å². The zero-order valence-electron chi connectivity index (χ0n) is 23.3. The molecule has 2 aromatic carbocycles. The molecule has 228 valence electrons. The second kappa shape index (κ2) is 12.2. The third-order valence-corrected chi connectivity index (χ3v) is 7.65. The fraction of sp³-hybridized carbons (Fsp3) is 0.333. The number of hydrogen-bond donors (Lipinski definition) is 1. The number of aromatic nitrogens is 2. The van der Waals surface area contributed by atoms with Crippen molar-refractivity contribution in [2.24, 2.45) is 5.73 Å².